The van der Waals surface area contributed by atoms with Crippen LogP contribution in [-0.2, 0) is 0 Å². The molecule has 0 fully saturated rings. The van der Waals surface area contributed by atoms with E-state index in [0.717, 1.165) is 15.5 Å². The molecule has 0 amide bonds. The van der Waals surface area contributed by atoms with Crippen molar-refractivity contribution in [2.24, 2.45) is 0 Å². The lowest BCUT2D eigenvalue weighted by molar-refractivity contribution is 0.637. The minimum absolute atomic E-state index is 0.215. The van der Waals surface area contributed by atoms with E-state index < -0.39 is 0 Å². The summed E-state index contributed by atoms with van der Waals surface area (Å²) in [5.74, 6) is 0. The Hall–Kier alpha value is 0.320. The van der Waals surface area contributed by atoms with Crippen LogP contribution in [0.3, 0.4) is 0 Å². The number of benzene rings is 1. The van der Waals surface area contributed by atoms with Crippen LogP contribution in [-0.4, -0.2) is 6.54 Å². The average molecular weight is 468 g/mol. The highest BCUT2D eigenvalue weighted by molar-refractivity contribution is 9.11. The van der Waals surface area contributed by atoms with Crippen molar-refractivity contribution in [2.75, 3.05) is 6.54 Å². The lowest BCUT2D eigenvalue weighted by Gasteiger charge is -2.19. The standard InChI is InChI=1S/C14H14Br3NS/c1-3-18-13(12-6-8(2)14(17)19-12)10-7-9(15)4-5-11(10)16/h4-7,13,18H,3H2,1-2H3. The van der Waals surface area contributed by atoms with Crippen molar-refractivity contribution in [3.63, 3.8) is 0 Å². The van der Waals surface area contributed by atoms with Gasteiger partial charge in [-0.25, -0.2) is 0 Å². The Morgan fingerprint density at radius 3 is 2.53 bits per heavy atom. The second-order valence-corrected chi connectivity index (χ2v) is 8.43. The molecule has 1 heterocycles. The summed E-state index contributed by atoms with van der Waals surface area (Å²) in [6.45, 7) is 5.19. The van der Waals surface area contributed by atoms with Gasteiger partial charge in [0.05, 0.1) is 9.83 Å². The molecule has 5 heteroatoms. The zero-order chi connectivity index (χ0) is 14.0. The molecule has 1 aromatic heterocycles. The maximum atomic E-state index is 3.66. The molecule has 0 saturated heterocycles. The molecular weight excluding hydrogens is 454 g/mol. The third-order valence-electron chi connectivity index (χ3n) is 2.84. The minimum atomic E-state index is 0.215. The predicted octanol–water partition coefficient (Wildman–Crippen LogP) is 6.04. The van der Waals surface area contributed by atoms with Gasteiger partial charge in [0.1, 0.15) is 0 Å². The predicted molar refractivity (Wildman–Crippen MR) is 94.1 cm³/mol. The summed E-state index contributed by atoms with van der Waals surface area (Å²) in [6.07, 6.45) is 0. The van der Waals surface area contributed by atoms with E-state index in [9.17, 15) is 0 Å². The van der Waals surface area contributed by atoms with Gasteiger partial charge in [0, 0.05) is 13.8 Å². The normalized spacial score (nSPS) is 12.7. The van der Waals surface area contributed by atoms with Crippen LogP contribution in [0.2, 0.25) is 0 Å². The Balaban J connectivity index is 2.47. The summed E-state index contributed by atoms with van der Waals surface area (Å²) in [7, 11) is 0. The molecule has 0 saturated carbocycles. The lowest BCUT2D eigenvalue weighted by atomic mass is 10.0. The second kappa shape index (κ2) is 6.85. The van der Waals surface area contributed by atoms with Gasteiger partial charge in [-0.1, -0.05) is 38.8 Å². The van der Waals surface area contributed by atoms with E-state index in [1.807, 2.05) is 6.07 Å². The molecule has 0 spiro atoms. The number of hydrogen-bond donors (Lipinski definition) is 1. The number of thiophene rings is 1. The van der Waals surface area contributed by atoms with Crippen LogP contribution in [0.15, 0.2) is 37.0 Å². The maximum absolute atomic E-state index is 3.66. The molecule has 102 valence electrons. The molecule has 0 aliphatic rings. The van der Waals surface area contributed by atoms with Gasteiger partial charge in [-0.15, -0.1) is 11.3 Å². The zero-order valence-corrected chi connectivity index (χ0v) is 16.2. The van der Waals surface area contributed by atoms with E-state index in [1.165, 1.54) is 19.8 Å². The molecule has 19 heavy (non-hydrogen) atoms. The number of rotatable bonds is 4. The first-order valence-electron chi connectivity index (χ1n) is 5.97. The maximum Gasteiger partial charge on any atom is 0.0731 e. The van der Waals surface area contributed by atoms with Crippen molar-refractivity contribution in [3.8, 4) is 0 Å². The minimum Gasteiger partial charge on any atom is -0.306 e. The quantitative estimate of drug-likeness (QED) is 0.577. The average Bonchev–Trinajstić information content (AvgIpc) is 2.70. The van der Waals surface area contributed by atoms with Gasteiger partial charge in [-0.05, 0) is 64.8 Å². The van der Waals surface area contributed by atoms with Crippen LogP contribution < -0.4 is 5.32 Å². The van der Waals surface area contributed by atoms with Crippen LogP contribution in [0.4, 0.5) is 0 Å². The second-order valence-electron chi connectivity index (χ2n) is 4.26. The smallest absolute Gasteiger partial charge is 0.0731 e. The Morgan fingerprint density at radius 1 is 1.21 bits per heavy atom. The first kappa shape index (κ1) is 15.7. The summed E-state index contributed by atoms with van der Waals surface area (Å²) in [5, 5.41) is 3.56. The van der Waals surface area contributed by atoms with E-state index in [-0.39, 0.29) is 6.04 Å². The summed E-state index contributed by atoms with van der Waals surface area (Å²) in [6, 6.07) is 8.76. The van der Waals surface area contributed by atoms with Gasteiger partial charge in [-0.3, -0.25) is 0 Å². The fraction of sp³-hybridized carbons (Fsp3) is 0.286. The molecule has 0 aliphatic carbocycles. The Kier molecular flexibility index (Phi) is 5.66. The zero-order valence-electron chi connectivity index (χ0n) is 10.6. The number of aryl methyl sites for hydroxylation is 1. The van der Waals surface area contributed by atoms with Crippen molar-refractivity contribution in [1.29, 1.82) is 0 Å². The SMILES string of the molecule is CCNC(c1cc(C)c(Br)s1)c1cc(Br)ccc1Br. The molecule has 1 unspecified atom stereocenters. The summed E-state index contributed by atoms with van der Waals surface area (Å²) in [4.78, 5) is 1.32. The Labute approximate surface area is 143 Å². The van der Waals surface area contributed by atoms with Crippen LogP contribution in [0.25, 0.3) is 0 Å². The van der Waals surface area contributed by atoms with Crippen molar-refractivity contribution >= 4 is 59.1 Å². The highest BCUT2D eigenvalue weighted by atomic mass is 79.9. The molecule has 1 nitrogen and oxygen atoms in total. The van der Waals surface area contributed by atoms with Gasteiger partial charge < -0.3 is 5.32 Å². The Bertz CT molecular complexity index is 561. The van der Waals surface area contributed by atoms with Gasteiger partial charge in [0.15, 0.2) is 0 Å². The lowest BCUT2D eigenvalue weighted by Crippen LogP contribution is -2.21. The monoisotopic (exact) mass is 465 g/mol. The van der Waals surface area contributed by atoms with Crippen molar-refractivity contribution in [3.05, 3.63) is 53.0 Å². The van der Waals surface area contributed by atoms with Crippen LogP contribution in [0.1, 0.15) is 29.0 Å². The molecular formula is C14H14Br3NS. The molecule has 2 rings (SSSR count). The van der Waals surface area contributed by atoms with Gasteiger partial charge in [-0.2, -0.15) is 0 Å². The largest absolute Gasteiger partial charge is 0.306 e. The fourth-order valence-electron chi connectivity index (χ4n) is 1.93. The highest BCUT2D eigenvalue weighted by Gasteiger charge is 2.19. The van der Waals surface area contributed by atoms with Crippen LogP contribution >= 0.6 is 59.1 Å². The van der Waals surface area contributed by atoms with Crippen molar-refractivity contribution in [2.45, 2.75) is 19.9 Å². The number of hydrogen-bond acceptors (Lipinski definition) is 2. The van der Waals surface area contributed by atoms with Gasteiger partial charge in [0.2, 0.25) is 0 Å². The third-order valence-corrected chi connectivity index (χ3v) is 6.25. The number of halogens is 3. The van der Waals surface area contributed by atoms with Crippen LogP contribution in [0.5, 0.6) is 0 Å². The summed E-state index contributed by atoms with van der Waals surface area (Å²) >= 11 is 12.6. The van der Waals surface area contributed by atoms with E-state index in [1.54, 1.807) is 11.3 Å². The van der Waals surface area contributed by atoms with E-state index in [0.29, 0.717) is 0 Å². The van der Waals surface area contributed by atoms with Gasteiger partial charge >= 0.3 is 0 Å². The third kappa shape index (κ3) is 3.70. The van der Waals surface area contributed by atoms with Crippen LogP contribution in [0, 0.1) is 6.92 Å². The molecule has 0 radical (unpaired) electrons. The first-order valence-corrected chi connectivity index (χ1v) is 9.16. The van der Waals surface area contributed by atoms with Crippen molar-refractivity contribution < 1.29 is 0 Å². The summed E-state index contributed by atoms with van der Waals surface area (Å²) in [5.41, 5.74) is 2.54. The molecule has 1 N–H and O–H groups in total. The molecule has 2 aromatic rings. The van der Waals surface area contributed by atoms with E-state index >= 15 is 0 Å². The molecule has 0 bridgehead atoms. The topological polar surface area (TPSA) is 12.0 Å². The Morgan fingerprint density at radius 2 is 1.95 bits per heavy atom. The molecule has 0 aliphatic heterocycles. The van der Waals surface area contributed by atoms with Crippen molar-refractivity contribution in [1.82, 2.24) is 5.32 Å². The van der Waals surface area contributed by atoms with E-state index in [2.05, 4.69) is 85.2 Å². The number of nitrogens with one attached hydrogen (secondary N) is 1. The molecule has 1 atom stereocenters. The fourth-order valence-corrected chi connectivity index (χ4v) is 4.45. The summed E-state index contributed by atoms with van der Waals surface area (Å²) < 4.78 is 3.43. The van der Waals surface area contributed by atoms with E-state index in [4.69, 9.17) is 0 Å². The first-order chi connectivity index (χ1) is 9.02. The molecule has 1 aromatic carbocycles. The van der Waals surface area contributed by atoms with Gasteiger partial charge in [0.25, 0.3) is 0 Å². The highest BCUT2D eigenvalue weighted by Crippen LogP contribution is 2.37.